The Balaban J connectivity index is 1.79. The molecule has 7 heteroatoms. The third kappa shape index (κ3) is 6.94. The van der Waals surface area contributed by atoms with Crippen LogP contribution in [0.4, 0.5) is 13.6 Å². The summed E-state index contributed by atoms with van der Waals surface area (Å²) in [5.41, 5.74) is 1.91. The lowest BCUT2D eigenvalue weighted by Crippen LogP contribution is -2.40. The fourth-order valence-electron chi connectivity index (χ4n) is 3.64. The van der Waals surface area contributed by atoms with E-state index in [4.69, 9.17) is 4.74 Å². The van der Waals surface area contributed by atoms with Crippen LogP contribution in [0.2, 0.25) is 0 Å². The molecule has 0 N–H and O–H groups in total. The smallest absolute Gasteiger partial charge is 0.410 e. The fraction of sp³-hybridized carbons (Fsp3) is 0.321. The number of rotatable bonds is 7. The number of amides is 1. The zero-order valence-corrected chi connectivity index (χ0v) is 20.4. The van der Waals surface area contributed by atoms with E-state index in [1.54, 1.807) is 41.4 Å². The predicted molar refractivity (Wildman–Crippen MR) is 134 cm³/mol. The van der Waals surface area contributed by atoms with E-state index in [2.05, 4.69) is 23.1 Å². The van der Waals surface area contributed by atoms with Crippen molar-refractivity contribution in [3.63, 3.8) is 0 Å². The van der Waals surface area contributed by atoms with Crippen molar-refractivity contribution in [2.75, 3.05) is 6.54 Å². The van der Waals surface area contributed by atoms with Gasteiger partial charge in [-0.3, -0.25) is 0 Å². The van der Waals surface area contributed by atoms with Gasteiger partial charge in [-0.05, 0) is 26.3 Å². The monoisotopic (exact) mass is 479 g/mol. The highest BCUT2D eigenvalue weighted by Gasteiger charge is 2.32. The Labute approximate surface area is 205 Å². The van der Waals surface area contributed by atoms with Crippen LogP contribution in [0.3, 0.4) is 0 Å². The molecule has 1 aliphatic heterocycles. The van der Waals surface area contributed by atoms with Crippen LogP contribution in [0.15, 0.2) is 79.6 Å². The second kappa shape index (κ2) is 10.8. The minimum atomic E-state index is -3.09. The maximum Gasteiger partial charge on any atom is 0.410 e. The van der Waals surface area contributed by atoms with Crippen LogP contribution in [-0.2, 0) is 24.1 Å². The molecule has 0 saturated carbocycles. The predicted octanol–water partition coefficient (Wildman–Crippen LogP) is 6.33. The van der Waals surface area contributed by atoms with E-state index in [1.165, 1.54) is 24.3 Å². The summed E-state index contributed by atoms with van der Waals surface area (Å²) >= 11 is 0. The number of hydrogen-bond donors (Lipinski definition) is 0. The third-order valence-electron chi connectivity index (χ3n) is 5.42. The lowest BCUT2D eigenvalue weighted by Gasteiger charge is -2.30. The van der Waals surface area contributed by atoms with Gasteiger partial charge in [0.15, 0.2) is 5.82 Å². The lowest BCUT2D eigenvalue weighted by atomic mass is 9.99. The van der Waals surface area contributed by atoms with E-state index >= 15 is 0 Å². The molecule has 2 aromatic rings. The molecule has 0 unspecified atom stereocenters. The molecule has 5 nitrogen and oxygen atoms in total. The van der Waals surface area contributed by atoms with E-state index in [0.717, 1.165) is 11.3 Å². The number of benzene rings is 1. The zero-order chi connectivity index (χ0) is 25.6. The van der Waals surface area contributed by atoms with Crippen molar-refractivity contribution < 1.29 is 18.3 Å². The zero-order valence-electron chi connectivity index (χ0n) is 20.4. The van der Waals surface area contributed by atoms with Crippen LogP contribution in [0.1, 0.15) is 43.4 Å². The van der Waals surface area contributed by atoms with Gasteiger partial charge in [-0.1, -0.05) is 67.8 Å². The SMILES string of the molecule is C=C/C(=C\C=C(/C=C)C(F)(F)Cc1ccccc1)c1ncc2c(n1)CCN(C(=O)OC(C)(C)C)C2. The van der Waals surface area contributed by atoms with Gasteiger partial charge in [-0.2, -0.15) is 0 Å². The number of alkyl halides is 2. The van der Waals surface area contributed by atoms with Crippen molar-refractivity contribution in [2.45, 2.75) is 51.7 Å². The first-order valence-electron chi connectivity index (χ1n) is 11.4. The molecular formula is C28H31F2N3O2. The average Bonchev–Trinajstić information content (AvgIpc) is 2.80. The maximum atomic E-state index is 14.9. The van der Waals surface area contributed by atoms with Crippen LogP contribution in [-0.4, -0.2) is 39.0 Å². The number of fused-ring (bicyclic) bond motifs is 1. The van der Waals surface area contributed by atoms with Gasteiger partial charge in [0.1, 0.15) is 5.60 Å². The molecule has 0 radical (unpaired) electrons. The van der Waals surface area contributed by atoms with Crippen LogP contribution in [0.5, 0.6) is 0 Å². The van der Waals surface area contributed by atoms with Gasteiger partial charge in [0.2, 0.25) is 0 Å². The van der Waals surface area contributed by atoms with Crippen molar-refractivity contribution in [3.8, 4) is 0 Å². The van der Waals surface area contributed by atoms with Crippen molar-refractivity contribution in [2.24, 2.45) is 0 Å². The average molecular weight is 480 g/mol. The summed E-state index contributed by atoms with van der Waals surface area (Å²) in [6.45, 7) is 13.7. The molecule has 0 saturated heterocycles. The quantitative estimate of drug-likeness (QED) is 0.436. The summed E-state index contributed by atoms with van der Waals surface area (Å²) in [5, 5.41) is 0. The first-order chi connectivity index (χ1) is 16.5. The molecule has 1 aromatic heterocycles. The van der Waals surface area contributed by atoms with Crippen molar-refractivity contribution in [1.82, 2.24) is 14.9 Å². The maximum absolute atomic E-state index is 14.9. The van der Waals surface area contributed by atoms with Crippen LogP contribution >= 0.6 is 0 Å². The van der Waals surface area contributed by atoms with Gasteiger partial charge in [0, 0.05) is 42.3 Å². The number of nitrogens with zero attached hydrogens (tertiary/aromatic N) is 3. The highest BCUT2D eigenvalue weighted by Crippen LogP contribution is 2.30. The standard InChI is InChI=1S/C28H31F2N3O2/c1-6-21(13-14-23(7-2)28(29,30)17-20-11-9-8-10-12-20)25-31-18-22-19-33(16-15-24(22)32-25)26(34)35-27(3,4)5/h6-14,18H,1-2,15-17,19H2,3-5H3/b21-13+,23-14+. The van der Waals surface area contributed by atoms with Crippen LogP contribution in [0, 0.1) is 0 Å². The Morgan fingerprint density at radius 2 is 1.86 bits per heavy atom. The molecule has 1 aromatic carbocycles. The molecule has 0 aliphatic carbocycles. The van der Waals surface area contributed by atoms with Crippen LogP contribution in [0.25, 0.3) is 5.57 Å². The Kier molecular flexibility index (Phi) is 7.99. The number of carbonyl (C=O) groups is 1. The number of aromatic nitrogens is 2. The number of halogens is 2. The summed E-state index contributed by atoms with van der Waals surface area (Å²) < 4.78 is 35.2. The molecule has 0 fully saturated rings. The Bertz CT molecular complexity index is 1150. The summed E-state index contributed by atoms with van der Waals surface area (Å²) in [6, 6.07) is 8.60. The summed E-state index contributed by atoms with van der Waals surface area (Å²) in [5.74, 6) is -2.70. The van der Waals surface area contributed by atoms with Crippen molar-refractivity contribution >= 4 is 11.7 Å². The molecule has 1 aliphatic rings. The number of carbonyl (C=O) groups excluding carboxylic acids is 1. The molecule has 0 atom stereocenters. The third-order valence-corrected chi connectivity index (χ3v) is 5.42. The van der Waals surface area contributed by atoms with E-state index in [9.17, 15) is 13.6 Å². The fourth-order valence-corrected chi connectivity index (χ4v) is 3.64. The van der Waals surface area contributed by atoms with Crippen molar-refractivity contribution in [1.29, 1.82) is 0 Å². The normalized spacial score (nSPS) is 14.8. The summed E-state index contributed by atoms with van der Waals surface area (Å²) in [4.78, 5) is 23.0. The van der Waals surface area contributed by atoms with Gasteiger partial charge in [0.05, 0.1) is 12.2 Å². The van der Waals surface area contributed by atoms with Gasteiger partial charge >= 0.3 is 6.09 Å². The molecule has 184 valence electrons. The molecule has 1 amide bonds. The Morgan fingerprint density at radius 3 is 2.49 bits per heavy atom. The van der Waals surface area contributed by atoms with E-state index < -0.39 is 17.9 Å². The number of hydrogen-bond acceptors (Lipinski definition) is 4. The van der Waals surface area contributed by atoms with Crippen LogP contribution < -0.4 is 0 Å². The number of ether oxygens (including phenoxy) is 1. The molecule has 0 bridgehead atoms. The highest BCUT2D eigenvalue weighted by molar-refractivity contribution is 5.71. The number of allylic oxidation sites excluding steroid dienone is 6. The van der Waals surface area contributed by atoms with E-state index in [0.29, 0.717) is 36.5 Å². The first-order valence-corrected chi connectivity index (χ1v) is 11.4. The molecule has 2 heterocycles. The van der Waals surface area contributed by atoms with Gasteiger partial charge < -0.3 is 9.64 Å². The molecule has 35 heavy (non-hydrogen) atoms. The minimum absolute atomic E-state index is 0.202. The van der Waals surface area contributed by atoms with E-state index in [-0.39, 0.29) is 11.7 Å². The molecular weight excluding hydrogens is 448 g/mol. The summed E-state index contributed by atoms with van der Waals surface area (Å²) in [6.07, 6.45) is 6.96. The second-order valence-electron chi connectivity index (χ2n) is 9.34. The van der Waals surface area contributed by atoms with E-state index in [1.807, 2.05) is 20.8 Å². The van der Waals surface area contributed by atoms with Gasteiger partial charge in [-0.25, -0.2) is 23.5 Å². The largest absolute Gasteiger partial charge is 0.444 e. The van der Waals surface area contributed by atoms with Crippen molar-refractivity contribution in [3.05, 3.63) is 102 Å². The molecule has 0 spiro atoms. The highest BCUT2D eigenvalue weighted by atomic mass is 19.3. The minimum Gasteiger partial charge on any atom is -0.444 e. The second-order valence-corrected chi connectivity index (χ2v) is 9.34. The topological polar surface area (TPSA) is 55.3 Å². The lowest BCUT2D eigenvalue weighted by molar-refractivity contribution is 0.0222. The Morgan fingerprint density at radius 1 is 1.14 bits per heavy atom. The molecule has 3 rings (SSSR count). The Hall–Kier alpha value is -3.61. The summed E-state index contributed by atoms with van der Waals surface area (Å²) in [7, 11) is 0. The van der Waals surface area contributed by atoms with Gasteiger partial charge in [-0.15, -0.1) is 0 Å². The first kappa shape index (κ1) is 26.0. The van der Waals surface area contributed by atoms with Gasteiger partial charge in [0.25, 0.3) is 5.92 Å².